The van der Waals surface area contributed by atoms with Crippen LogP contribution in [-0.2, 0) is 33.2 Å². The number of pyridine rings is 2. The molecule has 4 aromatic rings. The number of anilines is 2. The molecule has 4 aromatic heterocycles. The second-order valence-electron chi connectivity index (χ2n) is 11.7. The van der Waals surface area contributed by atoms with E-state index < -0.39 is 0 Å². The molecule has 2 aliphatic rings. The number of hydrogen-bond donors (Lipinski definition) is 1. The van der Waals surface area contributed by atoms with E-state index in [-0.39, 0.29) is 29.9 Å². The predicted octanol–water partition coefficient (Wildman–Crippen LogP) is 3.75. The van der Waals surface area contributed by atoms with Crippen LogP contribution in [0.3, 0.4) is 0 Å². The van der Waals surface area contributed by atoms with Crippen LogP contribution in [0, 0.1) is 0 Å². The van der Waals surface area contributed by atoms with Gasteiger partial charge in [-0.3, -0.25) is 14.5 Å². The lowest BCUT2D eigenvalue weighted by Crippen LogP contribution is -2.54. The highest BCUT2D eigenvalue weighted by atomic mass is 16.5. The van der Waals surface area contributed by atoms with Gasteiger partial charge in [-0.1, -0.05) is 20.8 Å². The molecule has 2 fully saturated rings. The van der Waals surface area contributed by atoms with E-state index in [0.717, 1.165) is 30.1 Å². The van der Waals surface area contributed by atoms with Gasteiger partial charge in [0.25, 0.3) is 0 Å². The van der Waals surface area contributed by atoms with E-state index in [0.29, 0.717) is 48.5 Å². The molecule has 0 bridgehead atoms. The Morgan fingerprint density at radius 1 is 1.17 bits per heavy atom. The first-order valence-corrected chi connectivity index (χ1v) is 13.9. The Hall–Kier alpha value is -4.03. The van der Waals surface area contributed by atoms with Crippen LogP contribution >= 0.6 is 0 Å². The smallest absolute Gasteiger partial charge is 0.228 e. The summed E-state index contributed by atoms with van der Waals surface area (Å²) in [4.78, 5) is 27.9. The summed E-state index contributed by atoms with van der Waals surface area (Å²) in [5.74, 6) is 2.52. The Balaban J connectivity index is 1.18. The molecule has 12 heteroatoms. The van der Waals surface area contributed by atoms with Crippen LogP contribution in [0.1, 0.15) is 44.6 Å². The quantitative estimate of drug-likeness (QED) is 0.343. The van der Waals surface area contributed by atoms with Gasteiger partial charge in [-0.25, -0.2) is 4.98 Å². The minimum absolute atomic E-state index is 0.0250. The maximum absolute atomic E-state index is 12.5. The van der Waals surface area contributed by atoms with Crippen LogP contribution in [0.4, 0.5) is 11.8 Å². The summed E-state index contributed by atoms with van der Waals surface area (Å²) in [5, 5.41) is 8.27. The highest BCUT2D eigenvalue weighted by molar-refractivity contribution is 5.79. The van der Waals surface area contributed by atoms with Crippen molar-refractivity contribution in [1.82, 2.24) is 34.2 Å². The summed E-state index contributed by atoms with van der Waals surface area (Å²) < 4.78 is 21.0. The average Bonchev–Trinajstić information content (AvgIpc) is 3.64. The number of nitrogens with one attached hydrogen (secondary N) is 1. The molecule has 6 rings (SSSR count). The molecule has 12 nitrogen and oxygen atoms in total. The standard InChI is InChI=1S/C29H36N8O4/c1-29(2,3)24-13-25(34-37(24)19-7-9-40-17-19)32-28-33-27-23(35(28)4)12-21(14-31-27)41-20-6-8-30-18(10-20)11-26(38)36-15-22(16-36)39-5/h6,8,10,12-14,19,22H,7,9,11,15-17H2,1-5H3,(H,31,32,33,34). The Bertz CT molecular complexity index is 1560. The number of imidazole rings is 1. The lowest BCUT2D eigenvalue weighted by Gasteiger charge is -2.38. The third kappa shape index (κ3) is 5.62. The van der Waals surface area contributed by atoms with Crippen molar-refractivity contribution in [3.63, 3.8) is 0 Å². The number of nitrogens with zero attached hydrogens (tertiary/aromatic N) is 7. The lowest BCUT2D eigenvalue weighted by atomic mass is 9.91. The van der Waals surface area contributed by atoms with E-state index in [9.17, 15) is 4.79 Å². The monoisotopic (exact) mass is 560 g/mol. The number of hydrogen-bond acceptors (Lipinski definition) is 9. The molecule has 0 spiro atoms. The Morgan fingerprint density at radius 3 is 2.73 bits per heavy atom. The van der Waals surface area contributed by atoms with Crippen LogP contribution in [0.5, 0.6) is 11.5 Å². The largest absolute Gasteiger partial charge is 0.456 e. The Morgan fingerprint density at radius 2 is 2.00 bits per heavy atom. The molecule has 0 saturated carbocycles. The number of carbonyl (C=O) groups is 1. The zero-order valence-corrected chi connectivity index (χ0v) is 24.1. The number of ether oxygens (including phenoxy) is 3. The van der Waals surface area contributed by atoms with E-state index in [1.165, 1.54) is 0 Å². The Labute approximate surface area is 238 Å². The van der Waals surface area contributed by atoms with Gasteiger partial charge in [0.2, 0.25) is 11.9 Å². The molecule has 1 N–H and O–H groups in total. The van der Waals surface area contributed by atoms with Crippen LogP contribution in [0.15, 0.2) is 36.7 Å². The number of carbonyl (C=O) groups excluding carboxylic acids is 1. The molecule has 1 unspecified atom stereocenters. The molecule has 0 aliphatic carbocycles. The molecular weight excluding hydrogens is 524 g/mol. The predicted molar refractivity (Wildman–Crippen MR) is 153 cm³/mol. The molecule has 41 heavy (non-hydrogen) atoms. The van der Waals surface area contributed by atoms with Gasteiger partial charge >= 0.3 is 0 Å². The van der Waals surface area contributed by atoms with E-state index >= 15 is 0 Å². The molecule has 1 amide bonds. The van der Waals surface area contributed by atoms with Gasteiger partial charge < -0.3 is 29.0 Å². The average molecular weight is 561 g/mol. The zero-order chi connectivity index (χ0) is 28.7. The van der Waals surface area contributed by atoms with Crippen molar-refractivity contribution >= 4 is 28.8 Å². The number of fused-ring (bicyclic) bond motifs is 1. The summed E-state index contributed by atoms with van der Waals surface area (Å²) in [6.07, 6.45) is 4.57. The maximum atomic E-state index is 12.5. The van der Waals surface area contributed by atoms with Gasteiger partial charge in [-0.15, -0.1) is 0 Å². The highest BCUT2D eigenvalue weighted by Gasteiger charge is 2.31. The van der Waals surface area contributed by atoms with Crippen molar-refractivity contribution in [1.29, 1.82) is 0 Å². The lowest BCUT2D eigenvalue weighted by molar-refractivity contribution is -0.142. The maximum Gasteiger partial charge on any atom is 0.228 e. The summed E-state index contributed by atoms with van der Waals surface area (Å²) in [7, 11) is 3.59. The Kier molecular flexibility index (Phi) is 7.12. The number of rotatable bonds is 8. The van der Waals surface area contributed by atoms with E-state index in [1.54, 1.807) is 36.5 Å². The molecule has 0 aromatic carbocycles. The summed E-state index contributed by atoms with van der Waals surface area (Å²) in [5.41, 5.74) is 3.11. The van der Waals surface area contributed by atoms with Gasteiger partial charge in [-0.2, -0.15) is 10.1 Å². The minimum Gasteiger partial charge on any atom is -0.456 e. The van der Waals surface area contributed by atoms with Crippen molar-refractivity contribution in [2.75, 3.05) is 38.7 Å². The van der Waals surface area contributed by atoms with Gasteiger partial charge in [-0.05, 0) is 12.5 Å². The third-order valence-electron chi connectivity index (χ3n) is 7.60. The summed E-state index contributed by atoms with van der Waals surface area (Å²) in [6.45, 7) is 9.23. The van der Waals surface area contributed by atoms with Crippen molar-refractivity contribution in [2.45, 2.75) is 51.2 Å². The topological polar surface area (TPSA) is 121 Å². The van der Waals surface area contributed by atoms with E-state index in [4.69, 9.17) is 24.3 Å². The summed E-state index contributed by atoms with van der Waals surface area (Å²) in [6, 6.07) is 7.75. The third-order valence-corrected chi connectivity index (χ3v) is 7.60. The number of likely N-dealkylation sites (tertiary alicyclic amines) is 1. The van der Waals surface area contributed by atoms with Crippen molar-refractivity contribution in [3.05, 3.63) is 48.0 Å². The van der Waals surface area contributed by atoms with Crippen molar-refractivity contribution in [2.24, 2.45) is 7.05 Å². The highest BCUT2D eigenvalue weighted by Crippen LogP contribution is 2.32. The first-order chi connectivity index (χ1) is 19.7. The molecule has 216 valence electrons. The van der Waals surface area contributed by atoms with Gasteiger partial charge in [0.1, 0.15) is 11.5 Å². The molecule has 1 atom stereocenters. The van der Waals surface area contributed by atoms with Gasteiger partial charge in [0.05, 0.1) is 42.6 Å². The van der Waals surface area contributed by atoms with Gasteiger partial charge in [0, 0.05) is 69.4 Å². The molecule has 2 aliphatic heterocycles. The van der Waals surface area contributed by atoms with Crippen LogP contribution in [-0.4, -0.2) is 79.6 Å². The fourth-order valence-electron chi connectivity index (χ4n) is 5.15. The van der Waals surface area contributed by atoms with E-state index in [2.05, 4.69) is 46.8 Å². The molecular formula is C29H36N8O4. The number of aromatic nitrogens is 6. The first-order valence-electron chi connectivity index (χ1n) is 13.9. The second-order valence-corrected chi connectivity index (χ2v) is 11.7. The van der Waals surface area contributed by atoms with Crippen LogP contribution in [0.25, 0.3) is 11.2 Å². The number of methoxy groups -OCH3 is 1. The second kappa shape index (κ2) is 10.7. The SMILES string of the molecule is COC1CN(C(=O)Cc2cc(Oc3cnc4nc(Nc5cc(C(C)(C)C)n(C6CCOC6)n5)n(C)c4c3)ccn2)C1. The van der Waals surface area contributed by atoms with Crippen LogP contribution in [0.2, 0.25) is 0 Å². The van der Waals surface area contributed by atoms with Gasteiger partial charge in [0.15, 0.2) is 11.5 Å². The number of aryl methyl sites for hydroxylation is 1. The zero-order valence-electron chi connectivity index (χ0n) is 24.1. The van der Waals surface area contributed by atoms with Crippen LogP contribution < -0.4 is 10.1 Å². The fourth-order valence-corrected chi connectivity index (χ4v) is 5.15. The number of amides is 1. The fraction of sp³-hybridized carbons (Fsp3) is 0.483. The van der Waals surface area contributed by atoms with Crippen molar-refractivity contribution in [3.8, 4) is 11.5 Å². The summed E-state index contributed by atoms with van der Waals surface area (Å²) >= 11 is 0. The minimum atomic E-state index is -0.0717. The molecule has 6 heterocycles. The van der Waals surface area contributed by atoms with E-state index in [1.807, 2.05) is 17.7 Å². The normalized spacial score (nSPS) is 17.7. The first kappa shape index (κ1) is 27.2. The molecule has 2 saturated heterocycles. The van der Waals surface area contributed by atoms with Crippen molar-refractivity contribution < 1.29 is 19.0 Å². The molecule has 0 radical (unpaired) electrons.